The number of ether oxygens (including phenoxy) is 1. The Morgan fingerprint density at radius 1 is 1.03 bits per heavy atom. The smallest absolute Gasteiger partial charge is 0.267 e. The first-order valence-electron chi connectivity index (χ1n) is 11.4. The lowest BCUT2D eigenvalue weighted by atomic mass is 10.1. The molecule has 1 amide bonds. The Labute approximate surface area is 212 Å². The average Bonchev–Trinajstić information content (AvgIpc) is 3.31. The summed E-state index contributed by atoms with van der Waals surface area (Å²) in [6.45, 7) is 1.96. The second kappa shape index (κ2) is 9.50. The van der Waals surface area contributed by atoms with Crippen LogP contribution >= 0.6 is 11.8 Å². The zero-order chi connectivity index (χ0) is 25.4. The molecule has 0 fully saturated rings. The summed E-state index contributed by atoms with van der Waals surface area (Å²) in [5.74, 6) is 1.51. The molecule has 5 aromatic rings. The van der Waals surface area contributed by atoms with Crippen LogP contribution in [0.2, 0.25) is 0 Å². The van der Waals surface area contributed by atoms with E-state index in [0.29, 0.717) is 39.1 Å². The van der Waals surface area contributed by atoms with Crippen LogP contribution in [0.3, 0.4) is 0 Å². The lowest BCUT2D eigenvalue weighted by Crippen LogP contribution is -2.22. The Balaban J connectivity index is 1.64. The van der Waals surface area contributed by atoms with Gasteiger partial charge < -0.3 is 9.64 Å². The summed E-state index contributed by atoms with van der Waals surface area (Å²) in [5.41, 5.74) is 3.75. The molecule has 0 unspecified atom stereocenters. The fourth-order valence-corrected chi connectivity index (χ4v) is 5.05. The third kappa shape index (κ3) is 4.11. The number of methoxy groups -OCH3 is 1. The highest BCUT2D eigenvalue weighted by molar-refractivity contribution is 7.98. The largest absolute Gasteiger partial charge is 0.495 e. The van der Waals surface area contributed by atoms with Gasteiger partial charge in [-0.3, -0.25) is 14.0 Å². The minimum absolute atomic E-state index is 0.0445. The second-order valence-electron chi connectivity index (χ2n) is 8.64. The number of para-hydroxylation sites is 1. The van der Waals surface area contributed by atoms with Crippen LogP contribution in [0.5, 0.6) is 5.75 Å². The molecule has 0 aliphatic heterocycles. The van der Waals surface area contributed by atoms with Crippen LogP contribution in [0.4, 0.5) is 0 Å². The van der Waals surface area contributed by atoms with Crippen LogP contribution in [-0.2, 0) is 5.75 Å². The maximum absolute atomic E-state index is 13.7. The second-order valence-corrected chi connectivity index (χ2v) is 9.58. The van der Waals surface area contributed by atoms with Gasteiger partial charge >= 0.3 is 0 Å². The van der Waals surface area contributed by atoms with Crippen molar-refractivity contribution in [1.82, 2.24) is 24.1 Å². The van der Waals surface area contributed by atoms with Crippen molar-refractivity contribution in [3.05, 3.63) is 93.8 Å². The molecule has 0 aliphatic carbocycles. The number of benzene rings is 3. The molecule has 0 aliphatic rings. The molecule has 0 radical (unpaired) electrons. The van der Waals surface area contributed by atoms with Crippen LogP contribution < -0.4 is 10.3 Å². The monoisotopic (exact) mass is 499 g/mol. The standard InChI is InChI=1S/C27H25N5O3S/c1-17-12-13-23(35-4)22(14-17)31-25(34)20-10-5-6-11-21(20)32-26(31)28-29-27(32)36-16-18-8-7-9-19(15-18)24(33)30(2)3/h5-15H,16H2,1-4H3. The van der Waals surface area contributed by atoms with Crippen molar-refractivity contribution < 1.29 is 9.53 Å². The molecule has 182 valence electrons. The van der Waals surface area contributed by atoms with Gasteiger partial charge in [0.25, 0.3) is 11.5 Å². The highest BCUT2D eigenvalue weighted by Crippen LogP contribution is 2.29. The summed E-state index contributed by atoms with van der Waals surface area (Å²) < 4.78 is 9.03. The van der Waals surface area contributed by atoms with Gasteiger partial charge in [-0.05, 0) is 54.4 Å². The van der Waals surface area contributed by atoms with Crippen molar-refractivity contribution >= 4 is 34.3 Å². The molecule has 0 N–H and O–H groups in total. The molecule has 0 atom stereocenters. The van der Waals surface area contributed by atoms with Gasteiger partial charge in [0.15, 0.2) is 5.16 Å². The summed E-state index contributed by atoms with van der Waals surface area (Å²) in [6.07, 6.45) is 0. The first kappa shape index (κ1) is 23.6. The van der Waals surface area contributed by atoms with Gasteiger partial charge in [-0.2, -0.15) is 0 Å². The third-order valence-corrected chi connectivity index (χ3v) is 6.92. The predicted molar refractivity (Wildman–Crippen MR) is 141 cm³/mol. The Hall–Kier alpha value is -4.11. The Kier molecular flexibility index (Phi) is 6.24. The first-order valence-corrected chi connectivity index (χ1v) is 12.3. The van der Waals surface area contributed by atoms with Gasteiger partial charge in [0.05, 0.1) is 23.7 Å². The summed E-state index contributed by atoms with van der Waals surface area (Å²) in [4.78, 5) is 27.6. The SMILES string of the molecule is COc1ccc(C)cc1-n1c(=O)c2ccccc2n2c(SCc3cccc(C(=O)N(C)C)c3)nnc12. The van der Waals surface area contributed by atoms with E-state index in [0.717, 1.165) is 16.6 Å². The van der Waals surface area contributed by atoms with E-state index >= 15 is 0 Å². The zero-order valence-electron chi connectivity index (χ0n) is 20.4. The highest BCUT2D eigenvalue weighted by atomic mass is 32.2. The normalized spacial score (nSPS) is 11.2. The number of hydrogen-bond acceptors (Lipinski definition) is 6. The van der Waals surface area contributed by atoms with Crippen molar-refractivity contribution in [3.63, 3.8) is 0 Å². The topological polar surface area (TPSA) is 81.7 Å². The quantitative estimate of drug-likeness (QED) is 0.323. The Bertz CT molecular complexity index is 1670. The number of amides is 1. The number of carbonyl (C=O) groups is 1. The molecule has 2 aromatic heterocycles. The molecule has 9 heteroatoms. The summed E-state index contributed by atoms with van der Waals surface area (Å²) >= 11 is 1.49. The minimum Gasteiger partial charge on any atom is -0.495 e. The number of carbonyl (C=O) groups excluding carboxylic acids is 1. The van der Waals surface area contributed by atoms with E-state index in [1.807, 2.05) is 72.0 Å². The molecule has 8 nitrogen and oxygen atoms in total. The molecular weight excluding hydrogens is 474 g/mol. The molecule has 5 rings (SSSR count). The summed E-state index contributed by atoms with van der Waals surface area (Å²) in [7, 11) is 5.05. The number of nitrogens with zero attached hydrogens (tertiary/aromatic N) is 5. The minimum atomic E-state index is -0.194. The van der Waals surface area contributed by atoms with E-state index in [2.05, 4.69) is 10.2 Å². The van der Waals surface area contributed by atoms with Crippen molar-refractivity contribution in [2.45, 2.75) is 17.8 Å². The predicted octanol–water partition coefficient (Wildman–Crippen LogP) is 4.34. The highest BCUT2D eigenvalue weighted by Gasteiger charge is 2.20. The van der Waals surface area contributed by atoms with Crippen molar-refractivity contribution in [3.8, 4) is 11.4 Å². The molecule has 0 bridgehead atoms. The Morgan fingerprint density at radius 3 is 2.61 bits per heavy atom. The van der Waals surface area contributed by atoms with Crippen LogP contribution in [0.25, 0.3) is 22.4 Å². The lowest BCUT2D eigenvalue weighted by molar-refractivity contribution is 0.0827. The lowest BCUT2D eigenvalue weighted by Gasteiger charge is -2.14. The maximum atomic E-state index is 13.7. The molecule has 0 saturated carbocycles. The van der Waals surface area contributed by atoms with Crippen LogP contribution in [0.1, 0.15) is 21.5 Å². The van der Waals surface area contributed by atoms with Gasteiger partial charge in [0.1, 0.15) is 5.75 Å². The van der Waals surface area contributed by atoms with Gasteiger partial charge in [-0.1, -0.05) is 42.1 Å². The molecule has 0 spiro atoms. The van der Waals surface area contributed by atoms with Crippen LogP contribution in [0, 0.1) is 6.92 Å². The number of aryl methyl sites for hydroxylation is 1. The number of aromatic nitrogens is 4. The fourth-order valence-electron chi connectivity index (χ4n) is 4.16. The molecule has 3 aromatic carbocycles. The summed E-state index contributed by atoms with van der Waals surface area (Å²) in [6, 6.07) is 20.7. The number of hydrogen-bond donors (Lipinski definition) is 0. The van der Waals surface area contributed by atoms with Crippen LogP contribution in [0.15, 0.2) is 76.7 Å². The molecular formula is C27H25N5O3S. The number of thioether (sulfide) groups is 1. The molecule has 36 heavy (non-hydrogen) atoms. The zero-order valence-corrected chi connectivity index (χ0v) is 21.2. The Morgan fingerprint density at radius 2 is 1.83 bits per heavy atom. The van der Waals surface area contributed by atoms with E-state index in [1.54, 1.807) is 36.7 Å². The van der Waals surface area contributed by atoms with Crippen molar-refractivity contribution in [1.29, 1.82) is 0 Å². The fraction of sp³-hybridized carbons (Fsp3) is 0.185. The van der Waals surface area contributed by atoms with Crippen molar-refractivity contribution in [2.24, 2.45) is 0 Å². The van der Waals surface area contributed by atoms with E-state index in [9.17, 15) is 9.59 Å². The average molecular weight is 500 g/mol. The van der Waals surface area contributed by atoms with Gasteiger partial charge in [-0.25, -0.2) is 4.57 Å². The third-order valence-electron chi connectivity index (χ3n) is 5.92. The molecule has 0 saturated heterocycles. The van der Waals surface area contributed by atoms with E-state index in [-0.39, 0.29) is 11.5 Å². The first-order chi connectivity index (χ1) is 17.4. The van der Waals surface area contributed by atoms with Gasteiger partial charge in [-0.15, -0.1) is 10.2 Å². The van der Waals surface area contributed by atoms with E-state index in [1.165, 1.54) is 11.8 Å². The van der Waals surface area contributed by atoms with Gasteiger partial charge in [0.2, 0.25) is 5.78 Å². The summed E-state index contributed by atoms with van der Waals surface area (Å²) in [5, 5.41) is 10.1. The molecule has 2 heterocycles. The van der Waals surface area contributed by atoms with E-state index < -0.39 is 0 Å². The maximum Gasteiger partial charge on any atom is 0.267 e. The van der Waals surface area contributed by atoms with Crippen LogP contribution in [-0.4, -0.2) is 51.2 Å². The van der Waals surface area contributed by atoms with Crippen molar-refractivity contribution in [2.75, 3.05) is 21.2 Å². The van der Waals surface area contributed by atoms with E-state index in [4.69, 9.17) is 4.74 Å². The number of rotatable bonds is 6. The van der Waals surface area contributed by atoms with Gasteiger partial charge in [0, 0.05) is 25.4 Å². The number of fused-ring (bicyclic) bond motifs is 3.